The first-order valence-electron chi connectivity index (χ1n) is 8.92. The minimum Gasteiger partial charge on any atom is -0.497 e. The van der Waals surface area contributed by atoms with Crippen LogP contribution in [0.3, 0.4) is 0 Å². The maximum Gasteiger partial charge on any atom is 0.234 e. The van der Waals surface area contributed by atoms with Crippen LogP contribution >= 0.6 is 11.8 Å². The number of thioether (sulfide) groups is 1. The fourth-order valence-corrected chi connectivity index (χ4v) is 3.79. The maximum atomic E-state index is 12.5. The average molecular weight is 407 g/mol. The smallest absolute Gasteiger partial charge is 0.234 e. The number of carbonyl (C=O) groups is 1. The minimum absolute atomic E-state index is 0.118. The third-order valence-corrected chi connectivity index (χ3v) is 5.38. The standard InChI is InChI=1S/C22H21N3O3S/c1-13-7-14(2)17-9-15(11-23)22(25-19(17)8-13)29-12-21(26)24-18-6-5-16(27-3)10-20(18)28-4/h5-10H,12H2,1-4H3,(H,24,26). The second kappa shape index (κ2) is 8.84. The molecule has 1 aromatic heterocycles. The Labute approximate surface area is 173 Å². The first-order chi connectivity index (χ1) is 13.9. The van der Waals surface area contributed by atoms with Crippen molar-refractivity contribution < 1.29 is 14.3 Å². The number of ether oxygens (including phenoxy) is 2. The van der Waals surface area contributed by atoms with Gasteiger partial charge in [0, 0.05) is 11.5 Å². The number of hydrogen-bond acceptors (Lipinski definition) is 6. The van der Waals surface area contributed by atoms with E-state index in [0.29, 0.717) is 27.8 Å². The molecule has 0 saturated heterocycles. The van der Waals surface area contributed by atoms with Gasteiger partial charge in [0.2, 0.25) is 5.91 Å². The molecule has 0 aliphatic heterocycles. The van der Waals surface area contributed by atoms with Gasteiger partial charge in [0.05, 0.1) is 36.7 Å². The summed E-state index contributed by atoms with van der Waals surface area (Å²) >= 11 is 1.24. The highest BCUT2D eigenvalue weighted by Crippen LogP contribution is 2.30. The van der Waals surface area contributed by atoms with Gasteiger partial charge in [-0.3, -0.25) is 4.79 Å². The van der Waals surface area contributed by atoms with Gasteiger partial charge in [0.1, 0.15) is 22.6 Å². The zero-order valence-electron chi connectivity index (χ0n) is 16.7. The Morgan fingerprint density at radius 2 is 1.97 bits per heavy atom. The lowest BCUT2D eigenvalue weighted by molar-refractivity contribution is -0.113. The Bertz CT molecular complexity index is 1120. The molecule has 0 aliphatic carbocycles. The topological polar surface area (TPSA) is 84.2 Å². The predicted molar refractivity (Wildman–Crippen MR) is 115 cm³/mol. The SMILES string of the molecule is COc1ccc(NC(=O)CSc2nc3cc(C)cc(C)c3cc2C#N)c(OC)c1. The van der Waals surface area contributed by atoms with Crippen molar-refractivity contribution in [3.63, 3.8) is 0 Å². The molecule has 0 saturated carbocycles. The number of amides is 1. The number of pyridine rings is 1. The summed E-state index contributed by atoms with van der Waals surface area (Å²) in [6.45, 7) is 4.01. The molecule has 0 fully saturated rings. The number of nitrogens with one attached hydrogen (secondary N) is 1. The Morgan fingerprint density at radius 3 is 2.66 bits per heavy atom. The van der Waals surface area contributed by atoms with Crippen LogP contribution in [0.5, 0.6) is 11.5 Å². The summed E-state index contributed by atoms with van der Waals surface area (Å²) in [7, 11) is 3.09. The number of hydrogen-bond donors (Lipinski definition) is 1. The van der Waals surface area contributed by atoms with Crippen molar-refractivity contribution in [2.45, 2.75) is 18.9 Å². The lowest BCUT2D eigenvalue weighted by atomic mass is 10.1. The summed E-state index contributed by atoms with van der Waals surface area (Å²) in [6.07, 6.45) is 0. The fourth-order valence-electron chi connectivity index (χ4n) is 3.02. The molecule has 7 heteroatoms. The van der Waals surface area contributed by atoms with Gasteiger partial charge >= 0.3 is 0 Å². The van der Waals surface area contributed by atoms with Gasteiger partial charge in [0.15, 0.2) is 0 Å². The van der Waals surface area contributed by atoms with Crippen molar-refractivity contribution in [2.24, 2.45) is 0 Å². The molecule has 0 unspecified atom stereocenters. The number of fused-ring (bicyclic) bond motifs is 1. The molecule has 0 atom stereocenters. The van der Waals surface area contributed by atoms with Gasteiger partial charge in [-0.25, -0.2) is 4.98 Å². The molecule has 1 heterocycles. The van der Waals surface area contributed by atoms with E-state index in [2.05, 4.69) is 22.4 Å². The van der Waals surface area contributed by atoms with E-state index < -0.39 is 0 Å². The van der Waals surface area contributed by atoms with Gasteiger partial charge in [-0.15, -0.1) is 0 Å². The lowest BCUT2D eigenvalue weighted by Crippen LogP contribution is -2.15. The van der Waals surface area contributed by atoms with Crippen molar-refractivity contribution in [3.05, 3.63) is 53.1 Å². The van der Waals surface area contributed by atoms with E-state index in [-0.39, 0.29) is 11.7 Å². The Hall–Kier alpha value is -3.24. The highest BCUT2D eigenvalue weighted by Gasteiger charge is 2.13. The van der Waals surface area contributed by atoms with Gasteiger partial charge in [-0.1, -0.05) is 17.8 Å². The number of nitrogens with zero attached hydrogens (tertiary/aromatic N) is 2. The molecular formula is C22H21N3O3S. The Balaban J connectivity index is 1.78. The van der Waals surface area contributed by atoms with Gasteiger partial charge in [-0.05, 0) is 49.2 Å². The predicted octanol–water partition coefficient (Wildman–Crippen LogP) is 4.47. The summed E-state index contributed by atoms with van der Waals surface area (Å²) in [6, 6.07) is 13.2. The Morgan fingerprint density at radius 1 is 1.17 bits per heavy atom. The van der Waals surface area contributed by atoms with Crippen LogP contribution in [0.1, 0.15) is 16.7 Å². The summed E-state index contributed by atoms with van der Waals surface area (Å²) in [5, 5.41) is 13.8. The molecule has 6 nitrogen and oxygen atoms in total. The number of carbonyl (C=O) groups excluding carboxylic acids is 1. The van der Waals surface area contributed by atoms with Gasteiger partial charge in [0.25, 0.3) is 0 Å². The number of benzene rings is 2. The van der Waals surface area contributed by atoms with Crippen LogP contribution in [0.25, 0.3) is 10.9 Å². The fraction of sp³-hybridized carbons (Fsp3) is 0.227. The van der Waals surface area contributed by atoms with Crippen LogP contribution in [0.4, 0.5) is 5.69 Å². The number of aryl methyl sites for hydroxylation is 2. The van der Waals surface area contributed by atoms with Crippen molar-refractivity contribution in [2.75, 3.05) is 25.3 Å². The first kappa shape index (κ1) is 20.5. The second-order valence-corrected chi connectivity index (χ2v) is 7.47. The largest absolute Gasteiger partial charge is 0.497 e. The molecule has 0 radical (unpaired) electrons. The maximum absolute atomic E-state index is 12.5. The van der Waals surface area contributed by atoms with E-state index in [4.69, 9.17) is 9.47 Å². The summed E-state index contributed by atoms with van der Waals surface area (Å²) in [5.41, 5.74) is 4.01. The van der Waals surface area contributed by atoms with E-state index in [9.17, 15) is 10.1 Å². The molecule has 1 amide bonds. The summed E-state index contributed by atoms with van der Waals surface area (Å²) in [5.74, 6) is 1.05. The third-order valence-electron chi connectivity index (χ3n) is 4.39. The molecule has 0 spiro atoms. The number of aromatic nitrogens is 1. The molecular weight excluding hydrogens is 386 g/mol. The third kappa shape index (κ3) is 4.61. The van der Waals surface area contributed by atoms with E-state index in [1.54, 1.807) is 25.3 Å². The van der Waals surface area contributed by atoms with Gasteiger partial charge in [-0.2, -0.15) is 5.26 Å². The average Bonchev–Trinajstić information content (AvgIpc) is 2.71. The molecule has 1 N–H and O–H groups in total. The van der Waals surface area contributed by atoms with Crippen LogP contribution < -0.4 is 14.8 Å². The minimum atomic E-state index is -0.218. The van der Waals surface area contributed by atoms with Crippen LogP contribution in [-0.2, 0) is 4.79 Å². The second-order valence-electron chi connectivity index (χ2n) is 6.50. The molecule has 29 heavy (non-hydrogen) atoms. The van der Waals surface area contributed by atoms with Crippen LogP contribution in [-0.4, -0.2) is 30.9 Å². The zero-order chi connectivity index (χ0) is 21.0. The highest BCUT2D eigenvalue weighted by molar-refractivity contribution is 8.00. The van der Waals surface area contributed by atoms with Crippen LogP contribution in [0.15, 0.2) is 41.4 Å². The van der Waals surface area contributed by atoms with Gasteiger partial charge < -0.3 is 14.8 Å². The number of anilines is 1. The highest BCUT2D eigenvalue weighted by atomic mass is 32.2. The molecule has 0 aliphatic rings. The van der Waals surface area contributed by atoms with Crippen molar-refractivity contribution in [1.82, 2.24) is 4.98 Å². The number of nitriles is 1. The van der Waals surface area contributed by atoms with E-state index >= 15 is 0 Å². The summed E-state index contributed by atoms with van der Waals surface area (Å²) in [4.78, 5) is 17.1. The molecule has 3 rings (SSSR count). The number of rotatable bonds is 6. The van der Waals surface area contributed by atoms with Crippen molar-refractivity contribution in [1.29, 1.82) is 5.26 Å². The van der Waals surface area contributed by atoms with E-state index in [0.717, 1.165) is 22.0 Å². The normalized spacial score (nSPS) is 10.4. The summed E-state index contributed by atoms with van der Waals surface area (Å²) < 4.78 is 10.5. The molecule has 148 valence electrons. The van der Waals surface area contributed by atoms with Crippen LogP contribution in [0.2, 0.25) is 0 Å². The zero-order valence-corrected chi connectivity index (χ0v) is 17.5. The quantitative estimate of drug-likeness (QED) is 0.607. The van der Waals surface area contributed by atoms with E-state index in [1.807, 2.05) is 26.0 Å². The van der Waals surface area contributed by atoms with E-state index in [1.165, 1.54) is 18.9 Å². The Kier molecular flexibility index (Phi) is 6.25. The van der Waals surface area contributed by atoms with Crippen molar-refractivity contribution in [3.8, 4) is 17.6 Å². The first-order valence-corrected chi connectivity index (χ1v) is 9.90. The molecule has 3 aromatic rings. The molecule has 2 aromatic carbocycles. The number of methoxy groups -OCH3 is 2. The molecule has 0 bridgehead atoms. The van der Waals surface area contributed by atoms with Crippen LogP contribution in [0, 0.1) is 25.2 Å². The lowest BCUT2D eigenvalue weighted by Gasteiger charge is -2.12. The van der Waals surface area contributed by atoms with Crippen molar-refractivity contribution >= 4 is 34.3 Å². The monoisotopic (exact) mass is 407 g/mol.